The number of halogens is 2. The van der Waals surface area contributed by atoms with Crippen LogP contribution in [-0.4, -0.2) is 6.54 Å². The van der Waals surface area contributed by atoms with Gasteiger partial charge in [0, 0.05) is 30.6 Å². The molecule has 3 aromatic rings. The molecular weight excluding hydrogens is 399 g/mol. The summed E-state index contributed by atoms with van der Waals surface area (Å²) in [5.74, 6) is 0.492. The zero-order valence-corrected chi connectivity index (χ0v) is 18.0. The van der Waals surface area contributed by atoms with E-state index in [-0.39, 0.29) is 0 Å². The summed E-state index contributed by atoms with van der Waals surface area (Å²) in [6, 6.07) is 18.3. The minimum Gasteiger partial charge on any atom is -0.344 e. The van der Waals surface area contributed by atoms with Crippen LogP contribution in [0, 0.1) is 0 Å². The molecule has 146 valence electrons. The molecule has 0 unspecified atom stereocenters. The van der Waals surface area contributed by atoms with E-state index in [0.29, 0.717) is 16.0 Å². The molecule has 4 heteroatoms. The molecule has 29 heavy (non-hydrogen) atoms. The maximum atomic E-state index is 6.33. The van der Waals surface area contributed by atoms with Crippen molar-refractivity contribution in [2.75, 3.05) is 11.4 Å². The highest BCUT2D eigenvalue weighted by Crippen LogP contribution is 2.30. The zero-order valence-electron chi connectivity index (χ0n) is 16.5. The van der Waals surface area contributed by atoms with Crippen molar-refractivity contribution < 1.29 is 4.57 Å². The van der Waals surface area contributed by atoms with Crippen molar-refractivity contribution in [3.8, 4) is 5.69 Å². The summed E-state index contributed by atoms with van der Waals surface area (Å²) in [6.07, 6.45) is 10.6. The zero-order chi connectivity index (χ0) is 20.4. The fourth-order valence-electron chi connectivity index (χ4n) is 3.63. The topological polar surface area (TPSA) is 7.12 Å². The summed E-state index contributed by atoms with van der Waals surface area (Å²) in [4.78, 5) is 2.30. The predicted octanol–water partition coefficient (Wildman–Crippen LogP) is 6.81. The SMILES string of the molecule is CC(C)c1ccccc1N1C=CC(c2cc[n+](-c3c(Cl)cccc3Cl)cc2)=CC1. The lowest BCUT2D eigenvalue weighted by molar-refractivity contribution is -0.595. The van der Waals surface area contributed by atoms with Gasteiger partial charge in [0.15, 0.2) is 12.4 Å². The number of rotatable bonds is 4. The minimum absolute atomic E-state index is 0.492. The second kappa shape index (κ2) is 8.44. The molecule has 4 rings (SSSR count). The van der Waals surface area contributed by atoms with Gasteiger partial charge < -0.3 is 4.90 Å². The molecule has 0 fully saturated rings. The Balaban J connectivity index is 1.55. The molecule has 2 heterocycles. The number of hydrogen-bond donors (Lipinski definition) is 0. The second-order valence-corrected chi connectivity index (χ2v) is 8.22. The number of aromatic nitrogens is 1. The van der Waals surface area contributed by atoms with Crippen LogP contribution >= 0.6 is 23.2 Å². The molecule has 0 saturated carbocycles. The number of anilines is 1. The first-order valence-corrected chi connectivity index (χ1v) is 10.5. The van der Waals surface area contributed by atoms with Crippen molar-refractivity contribution in [3.05, 3.63) is 107 Å². The number of pyridine rings is 1. The number of benzene rings is 2. The third-order valence-electron chi connectivity index (χ3n) is 5.17. The van der Waals surface area contributed by atoms with Crippen LogP contribution in [0.2, 0.25) is 10.0 Å². The highest BCUT2D eigenvalue weighted by atomic mass is 35.5. The fraction of sp³-hybridized carbons (Fsp3) is 0.160. The lowest BCUT2D eigenvalue weighted by Crippen LogP contribution is -2.30. The molecule has 0 aliphatic carbocycles. The number of nitrogens with zero attached hydrogens (tertiary/aromatic N) is 2. The first-order valence-electron chi connectivity index (χ1n) is 9.74. The van der Waals surface area contributed by atoms with Crippen molar-refractivity contribution >= 4 is 34.5 Å². The molecule has 0 N–H and O–H groups in total. The Kier molecular flexibility index (Phi) is 5.75. The number of para-hydroxylation sites is 2. The van der Waals surface area contributed by atoms with Crippen LogP contribution < -0.4 is 9.47 Å². The molecule has 0 spiro atoms. The predicted molar refractivity (Wildman–Crippen MR) is 123 cm³/mol. The molecule has 1 aromatic heterocycles. The van der Waals surface area contributed by atoms with E-state index in [9.17, 15) is 0 Å². The van der Waals surface area contributed by atoms with Gasteiger partial charge in [0.05, 0.1) is 0 Å². The van der Waals surface area contributed by atoms with Crippen LogP contribution in [0.4, 0.5) is 5.69 Å². The highest BCUT2D eigenvalue weighted by molar-refractivity contribution is 6.37. The fourth-order valence-corrected chi connectivity index (χ4v) is 4.22. The normalized spacial score (nSPS) is 13.7. The van der Waals surface area contributed by atoms with E-state index in [0.717, 1.165) is 17.8 Å². The lowest BCUT2D eigenvalue weighted by Gasteiger charge is -2.26. The van der Waals surface area contributed by atoms with E-state index in [4.69, 9.17) is 23.2 Å². The summed E-state index contributed by atoms with van der Waals surface area (Å²) in [7, 11) is 0. The van der Waals surface area contributed by atoms with Crippen LogP contribution in [0.25, 0.3) is 11.3 Å². The van der Waals surface area contributed by atoms with Gasteiger partial charge in [-0.25, -0.2) is 0 Å². The first-order chi connectivity index (χ1) is 14.0. The molecule has 1 aliphatic rings. The number of hydrogen-bond acceptors (Lipinski definition) is 1. The second-order valence-electron chi connectivity index (χ2n) is 7.41. The third kappa shape index (κ3) is 4.10. The van der Waals surface area contributed by atoms with Gasteiger partial charge in [-0.05, 0) is 46.9 Å². The molecule has 2 nitrogen and oxygen atoms in total. The van der Waals surface area contributed by atoms with E-state index in [1.165, 1.54) is 16.8 Å². The van der Waals surface area contributed by atoms with Crippen molar-refractivity contribution in [3.63, 3.8) is 0 Å². The van der Waals surface area contributed by atoms with Crippen LogP contribution in [0.3, 0.4) is 0 Å². The van der Waals surface area contributed by atoms with Crippen LogP contribution in [0.1, 0.15) is 30.9 Å². The average molecular weight is 422 g/mol. The Morgan fingerprint density at radius 1 is 0.897 bits per heavy atom. The maximum Gasteiger partial charge on any atom is 0.248 e. The molecule has 0 atom stereocenters. The van der Waals surface area contributed by atoms with Crippen LogP contribution in [0.15, 0.2) is 85.3 Å². The van der Waals surface area contributed by atoms with Gasteiger partial charge in [-0.15, -0.1) is 0 Å². The molecule has 0 bridgehead atoms. The van der Waals surface area contributed by atoms with Gasteiger partial charge in [0.25, 0.3) is 0 Å². The van der Waals surface area contributed by atoms with E-state index in [1.807, 2.05) is 35.2 Å². The Labute approximate surface area is 182 Å². The average Bonchev–Trinajstić information content (AvgIpc) is 2.74. The van der Waals surface area contributed by atoms with Gasteiger partial charge >= 0.3 is 0 Å². The summed E-state index contributed by atoms with van der Waals surface area (Å²) in [6.45, 7) is 5.32. The molecular formula is C25H23Cl2N2+. The van der Waals surface area contributed by atoms with Crippen molar-refractivity contribution in [2.24, 2.45) is 0 Å². The Hall–Kier alpha value is -2.55. The quantitative estimate of drug-likeness (QED) is 0.419. The minimum atomic E-state index is 0.492. The molecule has 0 amide bonds. The van der Waals surface area contributed by atoms with Crippen molar-refractivity contribution in [1.29, 1.82) is 0 Å². The largest absolute Gasteiger partial charge is 0.344 e. The molecule has 0 radical (unpaired) electrons. The van der Waals surface area contributed by atoms with Crippen molar-refractivity contribution in [1.82, 2.24) is 0 Å². The Morgan fingerprint density at radius 3 is 2.21 bits per heavy atom. The van der Waals surface area contributed by atoms with E-state index in [2.05, 4.69) is 73.5 Å². The summed E-state index contributed by atoms with van der Waals surface area (Å²) in [5.41, 5.74) is 5.81. The summed E-state index contributed by atoms with van der Waals surface area (Å²) < 4.78 is 1.95. The Bertz CT molecular complexity index is 1060. The van der Waals surface area contributed by atoms with Gasteiger partial charge in [0.2, 0.25) is 5.69 Å². The Morgan fingerprint density at radius 2 is 1.59 bits per heavy atom. The van der Waals surface area contributed by atoms with Gasteiger partial charge in [0.1, 0.15) is 10.0 Å². The monoisotopic (exact) mass is 421 g/mol. The molecule has 1 aliphatic heterocycles. The third-order valence-corrected chi connectivity index (χ3v) is 5.78. The summed E-state index contributed by atoms with van der Waals surface area (Å²) in [5, 5.41) is 1.26. The van der Waals surface area contributed by atoms with Gasteiger partial charge in [-0.2, -0.15) is 4.57 Å². The standard InChI is InChI=1S/C25H23Cl2N2/c1-18(2)21-6-3-4-9-24(21)28-14-10-19(11-15-28)20-12-16-29(17-13-20)25-22(26)7-5-8-23(25)27/h3-14,16-18H,15H2,1-2H3/q+1. The lowest BCUT2D eigenvalue weighted by atomic mass is 9.99. The van der Waals surface area contributed by atoms with Gasteiger partial charge in [-0.1, -0.05) is 67.4 Å². The highest BCUT2D eigenvalue weighted by Gasteiger charge is 2.17. The van der Waals surface area contributed by atoms with Crippen LogP contribution in [0.5, 0.6) is 0 Å². The molecule has 2 aromatic carbocycles. The van der Waals surface area contributed by atoms with Crippen LogP contribution in [-0.2, 0) is 0 Å². The summed E-state index contributed by atoms with van der Waals surface area (Å²) >= 11 is 12.7. The smallest absolute Gasteiger partial charge is 0.248 e. The van der Waals surface area contributed by atoms with Crippen molar-refractivity contribution in [2.45, 2.75) is 19.8 Å². The van der Waals surface area contributed by atoms with E-state index < -0.39 is 0 Å². The van der Waals surface area contributed by atoms with E-state index >= 15 is 0 Å². The maximum absolute atomic E-state index is 6.33. The van der Waals surface area contributed by atoms with Gasteiger partial charge in [-0.3, -0.25) is 0 Å². The van der Waals surface area contributed by atoms with E-state index in [1.54, 1.807) is 0 Å². The molecule has 0 saturated heterocycles. The number of allylic oxidation sites excluding steroid dienone is 2. The first kappa shape index (κ1) is 19.8.